The van der Waals surface area contributed by atoms with Crippen LogP contribution in [0, 0.1) is 0 Å². The van der Waals surface area contributed by atoms with E-state index in [-0.39, 0.29) is 23.2 Å². The number of hydrogen-bond donors (Lipinski definition) is 0. The van der Waals surface area contributed by atoms with E-state index in [0.29, 0.717) is 0 Å². The molecule has 1 rings (SSSR count). The van der Waals surface area contributed by atoms with Gasteiger partial charge in [0, 0.05) is 0 Å². The molecule has 0 spiro atoms. The molecule has 0 fully saturated rings. The van der Waals surface area contributed by atoms with E-state index in [1.54, 1.807) is 32.0 Å². The molecule has 94 valence electrons. The number of carbonyl (C=O) groups excluding carboxylic acids is 1. The Balaban J connectivity index is 2.60. The predicted molar refractivity (Wildman–Crippen MR) is 64.3 cm³/mol. The van der Waals surface area contributed by atoms with Gasteiger partial charge in [-0.15, -0.1) is 0 Å². The molecule has 0 saturated carbocycles. The van der Waals surface area contributed by atoms with Crippen LogP contribution in [0.25, 0.3) is 0 Å². The molecular weight excluding hydrogens is 240 g/mol. The van der Waals surface area contributed by atoms with Gasteiger partial charge in [0.05, 0.1) is 23.2 Å². The average molecular weight is 256 g/mol. The van der Waals surface area contributed by atoms with Crippen LogP contribution in [0.3, 0.4) is 0 Å². The van der Waals surface area contributed by atoms with E-state index in [1.165, 1.54) is 12.1 Å². The van der Waals surface area contributed by atoms with Crippen LogP contribution < -0.4 is 0 Å². The maximum Gasteiger partial charge on any atom is 0.307 e. The third-order valence-electron chi connectivity index (χ3n) is 2.04. The number of hydrogen-bond acceptors (Lipinski definition) is 4. The van der Waals surface area contributed by atoms with Gasteiger partial charge in [-0.3, -0.25) is 4.79 Å². The smallest absolute Gasteiger partial charge is 0.307 e. The first kappa shape index (κ1) is 13.7. The summed E-state index contributed by atoms with van der Waals surface area (Å²) in [6.45, 7) is 3.45. The quantitative estimate of drug-likeness (QED) is 0.754. The molecule has 0 atom stereocenters. The van der Waals surface area contributed by atoms with Gasteiger partial charge >= 0.3 is 5.97 Å². The minimum absolute atomic E-state index is 0.116. The van der Waals surface area contributed by atoms with E-state index >= 15 is 0 Å². The van der Waals surface area contributed by atoms with Crippen molar-refractivity contribution in [1.29, 1.82) is 0 Å². The van der Waals surface area contributed by atoms with Crippen molar-refractivity contribution in [2.24, 2.45) is 0 Å². The molecule has 0 saturated heterocycles. The fourth-order valence-corrected chi connectivity index (χ4v) is 2.53. The number of benzene rings is 1. The Labute approximate surface area is 102 Å². The van der Waals surface area contributed by atoms with Crippen LogP contribution in [0.15, 0.2) is 35.2 Å². The first-order valence-electron chi connectivity index (χ1n) is 5.39. The lowest BCUT2D eigenvalue weighted by Crippen LogP contribution is -2.16. The second-order valence-electron chi connectivity index (χ2n) is 3.92. The molecule has 0 aliphatic rings. The number of carbonyl (C=O) groups is 1. The molecule has 0 heterocycles. The van der Waals surface area contributed by atoms with Crippen molar-refractivity contribution in [1.82, 2.24) is 0 Å². The Hall–Kier alpha value is -1.36. The van der Waals surface area contributed by atoms with Crippen molar-refractivity contribution in [3.8, 4) is 0 Å². The number of esters is 1. The third-order valence-corrected chi connectivity index (χ3v) is 3.78. The second-order valence-corrected chi connectivity index (χ2v) is 6.03. The first-order chi connectivity index (χ1) is 7.92. The van der Waals surface area contributed by atoms with Crippen molar-refractivity contribution in [3.05, 3.63) is 30.3 Å². The maximum absolute atomic E-state index is 11.8. The summed E-state index contributed by atoms with van der Waals surface area (Å²) in [5.41, 5.74) is 0. The zero-order valence-corrected chi connectivity index (χ0v) is 10.7. The van der Waals surface area contributed by atoms with E-state index in [2.05, 4.69) is 0 Å². The Bertz CT molecular complexity index is 463. The van der Waals surface area contributed by atoms with Crippen LogP contribution in [0.5, 0.6) is 0 Å². The van der Waals surface area contributed by atoms with E-state index < -0.39 is 15.8 Å². The van der Waals surface area contributed by atoms with Crippen LogP contribution in [-0.2, 0) is 19.4 Å². The Kier molecular flexibility index (Phi) is 4.69. The summed E-state index contributed by atoms with van der Waals surface area (Å²) in [5.74, 6) is -0.706. The summed E-state index contributed by atoms with van der Waals surface area (Å²) in [5, 5.41) is 0. The molecule has 1 aromatic carbocycles. The van der Waals surface area contributed by atoms with E-state index in [9.17, 15) is 13.2 Å². The minimum Gasteiger partial charge on any atom is -0.463 e. The zero-order valence-electron chi connectivity index (χ0n) is 9.92. The largest absolute Gasteiger partial charge is 0.463 e. The minimum atomic E-state index is -3.39. The molecular formula is C12H16O4S. The number of ether oxygens (including phenoxy) is 1. The Morgan fingerprint density at radius 3 is 2.35 bits per heavy atom. The molecule has 0 unspecified atom stereocenters. The molecule has 17 heavy (non-hydrogen) atoms. The van der Waals surface area contributed by atoms with Crippen molar-refractivity contribution < 1.29 is 17.9 Å². The topological polar surface area (TPSA) is 60.4 Å². The van der Waals surface area contributed by atoms with Gasteiger partial charge in [-0.1, -0.05) is 18.2 Å². The van der Waals surface area contributed by atoms with Crippen molar-refractivity contribution in [3.63, 3.8) is 0 Å². The fraction of sp³-hybridized carbons (Fsp3) is 0.417. The SMILES string of the molecule is CC(C)OC(=O)CCS(=O)(=O)c1ccccc1. The molecule has 0 amide bonds. The van der Waals surface area contributed by atoms with Gasteiger partial charge in [-0.2, -0.15) is 0 Å². The molecule has 0 aliphatic heterocycles. The van der Waals surface area contributed by atoms with Gasteiger partial charge in [0.15, 0.2) is 9.84 Å². The van der Waals surface area contributed by atoms with Crippen LogP contribution in [0.4, 0.5) is 0 Å². The fourth-order valence-electron chi connectivity index (χ4n) is 1.29. The Morgan fingerprint density at radius 2 is 1.82 bits per heavy atom. The molecule has 0 aromatic heterocycles. The van der Waals surface area contributed by atoms with Gasteiger partial charge < -0.3 is 4.74 Å². The van der Waals surface area contributed by atoms with Crippen LogP contribution in [0.2, 0.25) is 0 Å². The summed E-state index contributed by atoms with van der Waals surface area (Å²) in [6, 6.07) is 8.08. The molecule has 5 heteroatoms. The van der Waals surface area contributed by atoms with Gasteiger partial charge in [0.25, 0.3) is 0 Å². The maximum atomic E-state index is 11.8. The summed E-state index contributed by atoms with van der Waals surface area (Å²) in [7, 11) is -3.39. The third kappa shape index (κ3) is 4.56. The number of rotatable bonds is 5. The van der Waals surface area contributed by atoms with Gasteiger partial charge in [-0.25, -0.2) is 8.42 Å². The molecule has 0 N–H and O–H groups in total. The van der Waals surface area contributed by atoms with Crippen LogP contribution in [-0.4, -0.2) is 26.2 Å². The van der Waals surface area contributed by atoms with E-state index in [0.717, 1.165) is 0 Å². The highest BCUT2D eigenvalue weighted by Gasteiger charge is 2.16. The van der Waals surface area contributed by atoms with Crippen LogP contribution in [0.1, 0.15) is 20.3 Å². The molecule has 0 aliphatic carbocycles. The first-order valence-corrected chi connectivity index (χ1v) is 7.04. The Morgan fingerprint density at radius 1 is 1.24 bits per heavy atom. The normalized spacial score (nSPS) is 11.5. The monoisotopic (exact) mass is 256 g/mol. The molecule has 4 nitrogen and oxygen atoms in total. The highest BCUT2D eigenvalue weighted by Crippen LogP contribution is 2.11. The van der Waals surface area contributed by atoms with E-state index in [4.69, 9.17) is 4.74 Å². The lowest BCUT2D eigenvalue weighted by Gasteiger charge is -2.08. The second kappa shape index (κ2) is 5.82. The molecule has 0 bridgehead atoms. The van der Waals surface area contributed by atoms with Gasteiger partial charge in [0.2, 0.25) is 0 Å². The lowest BCUT2D eigenvalue weighted by atomic mass is 10.4. The molecule has 0 radical (unpaired) electrons. The lowest BCUT2D eigenvalue weighted by molar-refractivity contribution is -0.146. The summed E-state index contributed by atoms with van der Waals surface area (Å²) < 4.78 is 28.5. The highest BCUT2D eigenvalue weighted by molar-refractivity contribution is 7.91. The van der Waals surface area contributed by atoms with Crippen molar-refractivity contribution in [2.45, 2.75) is 31.3 Å². The van der Waals surface area contributed by atoms with Crippen molar-refractivity contribution >= 4 is 15.8 Å². The number of sulfone groups is 1. The molecule has 1 aromatic rings. The van der Waals surface area contributed by atoms with E-state index in [1.807, 2.05) is 0 Å². The zero-order chi connectivity index (χ0) is 12.9. The predicted octanol–water partition coefficient (Wildman–Crippen LogP) is 1.80. The average Bonchev–Trinajstić information content (AvgIpc) is 2.27. The summed E-state index contributed by atoms with van der Waals surface area (Å²) in [4.78, 5) is 11.5. The van der Waals surface area contributed by atoms with Crippen LogP contribution >= 0.6 is 0 Å². The van der Waals surface area contributed by atoms with Crippen molar-refractivity contribution in [2.75, 3.05) is 5.75 Å². The summed E-state index contributed by atoms with van der Waals surface area (Å²) in [6.07, 6.45) is -0.336. The standard InChI is InChI=1S/C12H16O4S/c1-10(2)16-12(13)8-9-17(14,15)11-6-4-3-5-7-11/h3-7,10H,8-9H2,1-2H3. The highest BCUT2D eigenvalue weighted by atomic mass is 32.2. The van der Waals surface area contributed by atoms with Gasteiger partial charge in [-0.05, 0) is 26.0 Å². The van der Waals surface area contributed by atoms with Gasteiger partial charge in [0.1, 0.15) is 0 Å². The summed E-state index contributed by atoms with van der Waals surface area (Å²) >= 11 is 0.